The molecule has 251 valence electrons. The molecule has 4 heterocycles. The summed E-state index contributed by atoms with van der Waals surface area (Å²) in [5, 5.41) is 1.40. The van der Waals surface area contributed by atoms with Crippen molar-refractivity contribution < 1.29 is 38.2 Å². The third-order valence-corrected chi connectivity index (χ3v) is 7.65. The maximum absolute atomic E-state index is 9.24. The van der Waals surface area contributed by atoms with Crippen LogP contribution in [-0.4, -0.2) is 15.0 Å². The van der Waals surface area contributed by atoms with E-state index in [1.54, 1.807) is 60.8 Å². The molecule has 3 aromatic carbocycles. The maximum Gasteiger partial charge on any atom is 0.216 e. The molecule has 0 atom stereocenters. The van der Waals surface area contributed by atoms with E-state index in [4.69, 9.17) is 15.4 Å². The van der Waals surface area contributed by atoms with E-state index in [0.29, 0.717) is 33.4 Å². The van der Waals surface area contributed by atoms with E-state index in [1.165, 1.54) is 12.3 Å². The predicted octanol–water partition coefficient (Wildman–Crippen LogP) is 11.1. The fraction of sp³-hybridized carbons (Fsp3) is 0.250. The van der Waals surface area contributed by atoms with Crippen molar-refractivity contribution in [1.82, 2.24) is 15.0 Å². The molecule has 7 rings (SSSR count). The Hall–Kier alpha value is -4.44. The largest absolute Gasteiger partial charge is 0.486 e. The Morgan fingerprint density at radius 2 is 1.59 bits per heavy atom. The van der Waals surface area contributed by atoms with E-state index in [2.05, 4.69) is 27.1 Å². The second-order valence-electron chi connectivity index (χ2n) is 13.1. The van der Waals surface area contributed by atoms with Crippen molar-refractivity contribution in [3.63, 3.8) is 0 Å². The maximum atomic E-state index is 9.24. The summed E-state index contributed by atoms with van der Waals surface area (Å²) < 4.78 is 86.4. The minimum atomic E-state index is -2.37. The van der Waals surface area contributed by atoms with Crippen LogP contribution in [0.5, 0.6) is 0 Å². The number of hydrogen-bond acceptors (Lipinski definition) is 4. The minimum absolute atomic E-state index is 0. The van der Waals surface area contributed by atoms with E-state index in [1.807, 2.05) is 71.0 Å². The van der Waals surface area contributed by atoms with Crippen LogP contribution in [-0.2, 0) is 38.3 Å². The Balaban J connectivity index is 0.000000326. The van der Waals surface area contributed by atoms with E-state index < -0.39 is 37.3 Å². The van der Waals surface area contributed by atoms with Crippen LogP contribution in [0, 0.1) is 31.3 Å². The summed E-state index contributed by atoms with van der Waals surface area (Å²) >= 11 is 0. The summed E-state index contributed by atoms with van der Waals surface area (Å²) in [6.45, 7) is 4.79. The number of benzene rings is 3. The van der Waals surface area contributed by atoms with Gasteiger partial charge in [-0.05, 0) is 83.6 Å². The van der Waals surface area contributed by atoms with Gasteiger partial charge < -0.3 is 14.4 Å². The van der Waals surface area contributed by atoms with Crippen LogP contribution in [0.15, 0.2) is 114 Å². The molecule has 0 amide bonds. The molecule has 0 fully saturated rings. The van der Waals surface area contributed by atoms with Gasteiger partial charge in [-0.1, -0.05) is 93.6 Å². The number of aryl methyl sites for hydroxylation is 2. The molecule has 4 nitrogen and oxygen atoms in total. The molecule has 4 aromatic heterocycles. The molecule has 0 bridgehead atoms. The Morgan fingerprint density at radius 1 is 0.755 bits per heavy atom. The third kappa shape index (κ3) is 8.78. The van der Waals surface area contributed by atoms with E-state index >= 15 is 0 Å². The van der Waals surface area contributed by atoms with Crippen LogP contribution in [0.25, 0.3) is 44.6 Å². The summed E-state index contributed by atoms with van der Waals surface area (Å²) in [7, 11) is 0. The molecule has 0 saturated heterocycles. The minimum Gasteiger partial charge on any atom is -0.486 e. The molecule has 0 spiro atoms. The van der Waals surface area contributed by atoms with Crippen molar-refractivity contribution in [3.05, 3.63) is 150 Å². The van der Waals surface area contributed by atoms with Gasteiger partial charge in [0.25, 0.3) is 0 Å². The zero-order chi connectivity index (χ0) is 42.5. The molecular weight excluding hydrogens is 779 g/mol. The topological polar surface area (TPSA) is 51.8 Å². The van der Waals surface area contributed by atoms with Crippen molar-refractivity contribution in [2.45, 2.75) is 66.5 Å². The summed E-state index contributed by atoms with van der Waals surface area (Å²) in [6.07, 6.45) is -0.442. The number of rotatable bonds is 6. The van der Waals surface area contributed by atoms with Crippen LogP contribution in [0.4, 0.5) is 0 Å². The van der Waals surface area contributed by atoms with Gasteiger partial charge in [-0.25, -0.2) is 4.98 Å². The first-order valence-electron chi connectivity index (χ1n) is 20.7. The monoisotopic (exact) mass is 832 g/mol. The smallest absolute Gasteiger partial charge is 0.216 e. The van der Waals surface area contributed by atoms with Gasteiger partial charge in [0.05, 0.1) is 5.58 Å². The first-order valence-corrected chi connectivity index (χ1v) is 15.7. The predicted molar refractivity (Wildman–Crippen MR) is 198 cm³/mol. The molecule has 0 N–H and O–H groups in total. The molecule has 0 saturated carbocycles. The number of aromatic nitrogens is 3. The SMILES string of the molecule is [2H]C([2H])([2H])c1ccc(-c2[c-]cccc2)nc1.[2H]C([2H])([2H])c1ccc2c(n1)oc1c(-c3cc(C([2H])([2H])C(C)(C)c4ccc(C([2H])([2H])C(C)(C)C)cc4)ccn3)[c-]ccc12.[Ir]. The number of furan rings is 1. The van der Waals surface area contributed by atoms with Crippen molar-refractivity contribution in [2.24, 2.45) is 5.41 Å². The number of hydrogen-bond donors (Lipinski definition) is 0. The van der Waals surface area contributed by atoms with Gasteiger partial charge in [-0.15, -0.1) is 54.1 Å². The van der Waals surface area contributed by atoms with Crippen molar-refractivity contribution in [1.29, 1.82) is 0 Å². The quantitative estimate of drug-likeness (QED) is 0.157. The van der Waals surface area contributed by atoms with Crippen molar-refractivity contribution in [2.75, 3.05) is 0 Å². The van der Waals surface area contributed by atoms with Crippen LogP contribution < -0.4 is 0 Å². The number of pyridine rings is 3. The number of fused-ring (bicyclic) bond motifs is 3. The van der Waals surface area contributed by atoms with Gasteiger partial charge >= 0.3 is 0 Å². The Kier molecular flexibility index (Phi) is 7.54. The van der Waals surface area contributed by atoms with Gasteiger partial charge in [0.2, 0.25) is 5.71 Å². The second-order valence-corrected chi connectivity index (χ2v) is 13.1. The van der Waals surface area contributed by atoms with Crippen LogP contribution in [0.1, 0.15) is 76.3 Å². The molecule has 0 aliphatic rings. The van der Waals surface area contributed by atoms with Gasteiger partial charge in [0, 0.05) is 57.3 Å². The fourth-order valence-electron chi connectivity index (χ4n) is 5.40. The summed E-state index contributed by atoms with van der Waals surface area (Å²) in [4.78, 5) is 12.9. The van der Waals surface area contributed by atoms with Crippen LogP contribution in [0.2, 0.25) is 0 Å². The molecular formula is C44H43IrN3O-2. The molecule has 1 radical (unpaired) electrons. The average molecular weight is 832 g/mol. The van der Waals surface area contributed by atoms with E-state index in [0.717, 1.165) is 22.2 Å². The zero-order valence-corrected chi connectivity index (χ0v) is 30.4. The van der Waals surface area contributed by atoms with Gasteiger partial charge in [-0.2, -0.15) is 0 Å². The second kappa shape index (κ2) is 15.0. The summed E-state index contributed by atoms with van der Waals surface area (Å²) in [5.41, 5.74) is 3.53. The first-order chi connectivity index (χ1) is 26.9. The van der Waals surface area contributed by atoms with Crippen molar-refractivity contribution in [3.8, 4) is 22.5 Å². The fourth-order valence-corrected chi connectivity index (χ4v) is 5.40. The normalized spacial score (nSPS) is 15.7. The summed E-state index contributed by atoms with van der Waals surface area (Å²) in [5.74, 6) is 0. The third-order valence-electron chi connectivity index (χ3n) is 7.65. The first kappa shape index (κ1) is 24.7. The van der Waals surface area contributed by atoms with E-state index in [9.17, 15) is 2.74 Å². The standard InChI is InChI=1S/C32H33N2O.C12H10N.Ir/c1-21-10-15-26-25-8-7-9-27(29(25)35-30(26)34-21)28-18-23(16-17-33-28)20-32(5,6)24-13-11-22(12-14-24)19-31(2,3)4;1-10-7-8-12(13-9-10)11-5-3-2-4-6-11;/h7-8,10-18H,19-20H2,1-6H3;2-5,7-9H,1H3;/q2*-1;/i1D3,19D2,20D2;1D3;. The van der Waals surface area contributed by atoms with Crippen LogP contribution >= 0.6 is 0 Å². The van der Waals surface area contributed by atoms with Crippen LogP contribution in [0.3, 0.4) is 0 Å². The summed E-state index contributed by atoms with van der Waals surface area (Å²) in [6, 6.07) is 34.1. The van der Waals surface area contributed by atoms with Gasteiger partial charge in [-0.3, -0.25) is 0 Å². The Bertz CT molecular complexity index is 2540. The average Bonchev–Trinajstić information content (AvgIpc) is 3.56. The van der Waals surface area contributed by atoms with Gasteiger partial charge in [0.15, 0.2) is 0 Å². The molecule has 0 aliphatic heterocycles. The molecule has 0 unspecified atom stereocenters. The zero-order valence-electron chi connectivity index (χ0n) is 38.0. The Labute approximate surface area is 318 Å². The molecule has 5 heteroatoms. The Morgan fingerprint density at radius 3 is 2.29 bits per heavy atom. The van der Waals surface area contributed by atoms with Crippen molar-refractivity contribution >= 4 is 22.1 Å². The van der Waals surface area contributed by atoms with Gasteiger partial charge in [0.1, 0.15) is 0 Å². The van der Waals surface area contributed by atoms with E-state index in [-0.39, 0.29) is 37.1 Å². The number of nitrogens with zero attached hydrogens (tertiary/aromatic N) is 3. The molecule has 49 heavy (non-hydrogen) atoms. The molecule has 0 aliphatic carbocycles. The molecule has 7 aromatic rings.